The van der Waals surface area contributed by atoms with Crippen molar-refractivity contribution in [1.82, 2.24) is 10.2 Å². The van der Waals surface area contributed by atoms with E-state index in [0.717, 1.165) is 10.6 Å². The molecule has 38 heavy (non-hydrogen) atoms. The molecule has 2 amide bonds. The smallest absolute Gasteiger partial charge is 0.243 e. The van der Waals surface area contributed by atoms with Crippen LogP contribution in [-0.2, 0) is 26.2 Å². The first-order valence-electron chi connectivity index (χ1n) is 12.0. The lowest BCUT2D eigenvalue weighted by molar-refractivity contribution is -0.142. The summed E-state index contributed by atoms with van der Waals surface area (Å²) < 4.78 is 26.2. The minimum absolute atomic E-state index is 0.00374. The summed E-state index contributed by atoms with van der Waals surface area (Å²) in [5.74, 6) is -0.588. The zero-order valence-electron chi connectivity index (χ0n) is 22.0. The van der Waals surface area contributed by atoms with Crippen LogP contribution in [0.25, 0.3) is 0 Å². The number of nitrogens with one attached hydrogen (secondary N) is 1. The first-order chi connectivity index (χ1) is 17.5. The Balaban J connectivity index is 2.30. The van der Waals surface area contributed by atoms with Crippen molar-refractivity contribution in [2.24, 2.45) is 0 Å². The molecular formula is C26H33Cl4N3O4S. The van der Waals surface area contributed by atoms with Gasteiger partial charge in [-0.1, -0.05) is 59.4 Å². The Morgan fingerprint density at radius 3 is 2.16 bits per heavy atom. The number of benzene rings is 2. The van der Waals surface area contributed by atoms with Crippen molar-refractivity contribution in [2.45, 2.75) is 65.1 Å². The summed E-state index contributed by atoms with van der Waals surface area (Å²) in [6.45, 7) is 7.54. The summed E-state index contributed by atoms with van der Waals surface area (Å²) >= 11 is 24.5. The molecule has 7 nitrogen and oxygen atoms in total. The van der Waals surface area contributed by atoms with E-state index >= 15 is 0 Å². The summed E-state index contributed by atoms with van der Waals surface area (Å²) in [7, 11) is -3.71. The third-order valence-electron chi connectivity index (χ3n) is 5.55. The molecule has 0 radical (unpaired) electrons. The SMILES string of the molecule is CC[C@@H](C(=O)NC(C)(C)C)N(Cc1ccc(Cl)c(Cl)c1)C(=O)CCCN(c1cc(Cl)ccc1Cl)S(C)(=O)=O. The molecule has 0 spiro atoms. The highest BCUT2D eigenvalue weighted by molar-refractivity contribution is 7.92. The number of carbonyl (C=O) groups excluding carboxylic acids is 2. The number of halogens is 4. The number of sulfonamides is 1. The predicted molar refractivity (Wildman–Crippen MR) is 157 cm³/mol. The first kappa shape index (κ1) is 32.5. The van der Waals surface area contributed by atoms with Crippen LogP contribution in [0.2, 0.25) is 20.1 Å². The van der Waals surface area contributed by atoms with Gasteiger partial charge in [0.2, 0.25) is 21.8 Å². The van der Waals surface area contributed by atoms with Gasteiger partial charge in [-0.25, -0.2) is 8.42 Å². The van der Waals surface area contributed by atoms with Crippen molar-refractivity contribution in [1.29, 1.82) is 0 Å². The van der Waals surface area contributed by atoms with Crippen LogP contribution in [0.3, 0.4) is 0 Å². The highest BCUT2D eigenvalue weighted by Gasteiger charge is 2.31. The van der Waals surface area contributed by atoms with Gasteiger partial charge in [0.25, 0.3) is 0 Å². The molecule has 0 aliphatic carbocycles. The lowest BCUT2D eigenvalue weighted by Gasteiger charge is -2.33. The number of carbonyl (C=O) groups is 2. The van der Waals surface area contributed by atoms with Gasteiger partial charge in [0.15, 0.2) is 0 Å². The second kappa shape index (κ2) is 13.6. The number of nitrogens with zero attached hydrogens (tertiary/aromatic N) is 2. The Morgan fingerprint density at radius 1 is 0.974 bits per heavy atom. The van der Waals surface area contributed by atoms with E-state index in [2.05, 4.69) is 5.32 Å². The number of hydrogen-bond donors (Lipinski definition) is 1. The summed E-state index contributed by atoms with van der Waals surface area (Å²) in [6, 6.07) is 8.84. The lowest BCUT2D eigenvalue weighted by atomic mass is 10.0. The molecule has 2 aromatic carbocycles. The number of hydrogen-bond acceptors (Lipinski definition) is 4. The van der Waals surface area contributed by atoms with E-state index in [1.807, 2.05) is 27.7 Å². The summed E-state index contributed by atoms with van der Waals surface area (Å²) in [4.78, 5) is 28.2. The van der Waals surface area contributed by atoms with Gasteiger partial charge in [0.1, 0.15) is 6.04 Å². The fourth-order valence-corrected chi connectivity index (χ4v) is 5.59. The van der Waals surface area contributed by atoms with E-state index in [1.54, 1.807) is 24.3 Å². The zero-order valence-corrected chi connectivity index (χ0v) is 25.9. The quantitative estimate of drug-likeness (QED) is 0.306. The Kier molecular flexibility index (Phi) is 11.6. The average Bonchev–Trinajstić information content (AvgIpc) is 2.78. The van der Waals surface area contributed by atoms with Gasteiger partial charge in [-0.2, -0.15) is 0 Å². The Hall–Kier alpha value is -1.71. The van der Waals surface area contributed by atoms with Crippen LogP contribution >= 0.6 is 46.4 Å². The first-order valence-corrected chi connectivity index (χ1v) is 15.4. The fourth-order valence-electron chi connectivity index (χ4n) is 3.87. The van der Waals surface area contributed by atoms with Crippen molar-refractivity contribution in [3.8, 4) is 0 Å². The number of amides is 2. The molecule has 0 unspecified atom stereocenters. The summed E-state index contributed by atoms with van der Waals surface area (Å²) in [6.07, 6.45) is 1.61. The van der Waals surface area contributed by atoms with Crippen LogP contribution in [0.4, 0.5) is 5.69 Å². The van der Waals surface area contributed by atoms with Crippen molar-refractivity contribution in [2.75, 3.05) is 17.1 Å². The van der Waals surface area contributed by atoms with E-state index in [4.69, 9.17) is 46.4 Å². The maximum atomic E-state index is 13.5. The van der Waals surface area contributed by atoms with Crippen molar-refractivity contribution < 1.29 is 18.0 Å². The number of anilines is 1. The minimum atomic E-state index is -3.71. The third kappa shape index (κ3) is 9.49. The highest BCUT2D eigenvalue weighted by atomic mass is 35.5. The van der Waals surface area contributed by atoms with Crippen LogP contribution in [0.15, 0.2) is 36.4 Å². The standard InChI is InChI=1S/C26H33Cl4N3O4S/c1-6-22(25(35)31-26(2,3)4)32(16-17-9-11-19(28)21(30)14-17)24(34)8-7-13-33(38(5,36)37)23-15-18(27)10-12-20(23)29/h9-12,14-15,22H,6-8,13,16H2,1-5H3,(H,31,35)/t22-/m0/s1. The fraction of sp³-hybridized carbons (Fsp3) is 0.462. The van der Waals surface area contributed by atoms with E-state index in [-0.39, 0.29) is 48.5 Å². The monoisotopic (exact) mass is 623 g/mol. The zero-order chi connectivity index (χ0) is 28.8. The van der Waals surface area contributed by atoms with Gasteiger partial charge >= 0.3 is 0 Å². The van der Waals surface area contributed by atoms with E-state index in [9.17, 15) is 18.0 Å². The van der Waals surface area contributed by atoms with Crippen LogP contribution < -0.4 is 9.62 Å². The molecule has 0 aliphatic heterocycles. The van der Waals surface area contributed by atoms with Gasteiger partial charge in [-0.15, -0.1) is 0 Å². The van der Waals surface area contributed by atoms with Crippen molar-refractivity contribution in [3.05, 3.63) is 62.1 Å². The largest absolute Gasteiger partial charge is 0.350 e. The lowest BCUT2D eigenvalue weighted by Crippen LogP contribution is -2.53. The van der Waals surface area contributed by atoms with Gasteiger partial charge < -0.3 is 10.2 Å². The molecule has 0 saturated carbocycles. The molecule has 0 fully saturated rings. The highest BCUT2D eigenvalue weighted by Crippen LogP contribution is 2.31. The van der Waals surface area contributed by atoms with Crippen LogP contribution in [-0.4, -0.2) is 49.5 Å². The summed E-state index contributed by atoms with van der Waals surface area (Å²) in [5, 5.41) is 4.21. The molecule has 2 rings (SSSR count). The van der Waals surface area contributed by atoms with Gasteiger partial charge in [0, 0.05) is 30.1 Å². The van der Waals surface area contributed by atoms with Crippen LogP contribution in [0, 0.1) is 0 Å². The Morgan fingerprint density at radius 2 is 1.61 bits per heavy atom. The van der Waals surface area contributed by atoms with Gasteiger partial charge in [-0.05, 0) is 69.5 Å². The Bertz CT molecular complexity index is 1270. The van der Waals surface area contributed by atoms with Crippen LogP contribution in [0.5, 0.6) is 0 Å². The Labute approximate surface area is 245 Å². The van der Waals surface area contributed by atoms with E-state index < -0.39 is 21.6 Å². The second-order valence-corrected chi connectivity index (χ2v) is 13.5. The number of rotatable bonds is 11. The molecule has 210 valence electrons. The molecule has 0 bridgehead atoms. The third-order valence-corrected chi connectivity index (χ3v) is 8.02. The predicted octanol–water partition coefficient (Wildman–Crippen LogP) is 6.57. The molecule has 0 heterocycles. The molecular weight excluding hydrogens is 592 g/mol. The maximum absolute atomic E-state index is 13.5. The minimum Gasteiger partial charge on any atom is -0.350 e. The molecule has 12 heteroatoms. The van der Waals surface area contributed by atoms with Crippen molar-refractivity contribution >= 4 is 73.9 Å². The molecule has 2 aromatic rings. The molecule has 0 aliphatic rings. The van der Waals surface area contributed by atoms with E-state index in [0.29, 0.717) is 27.1 Å². The van der Waals surface area contributed by atoms with Gasteiger partial charge in [-0.3, -0.25) is 13.9 Å². The molecule has 1 atom stereocenters. The molecule has 1 N–H and O–H groups in total. The maximum Gasteiger partial charge on any atom is 0.243 e. The van der Waals surface area contributed by atoms with E-state index in [1.165, 1.54) is 17.0 Å². The summed E-state index contributed by atoms with van der Waals surface area (Å²) in [5.41, 5.74) is 0.450. The van der Waals surface area contributed by atoms with Crippen LogP contribution in [0.1, 0.15) is 52.5 Å². The molecule has 0 aromatic heterocycles. The van der Waals surface area contributed by atoms with Crippen molar-refractivity contribution in [3.63, 3.8) is 0 Å². The topological polar surface area (TPSA) is 86.8 Å². The van der Waals surface area contributed by atoms with Gasteiger partial charge in [0.05, 0.1) is 27.0 Å². The normalized spacial score (nSPS) is 12.7. The molecule has 0 saturated heterocycles. The second-order valence-electron chi connectivity index (χ2n) is 9.97. The average molecular weight is 625 g/mol.